The second-order valence-corrected chi connectivity index (χ2v) is 6.71. The van der Waals surface area contributed by atoms with Gasteiger partial charge in [-0.1, -0.05) is 13.8 Å². The fraction of sp³-hybridized carbons (Fsp3) is 0.750. The first-order valence-corrected chi connectivity index (χ1v) is 7.52. The molecular formula is C12H18BrNOS. The van der Waals surface area contributed by atoms with Crippen LogP contribution in [0.1, 0.15) is 44.4 Å². The zero-order valence-corrected chi connectivity index (χ0v) is 12.1. The van der Waals surface area contributed by atoms with Crippen LogP contribution in [0.2, 0.25) is 0 Å². The minimum Gasteiger partial charge on any atom is -0.384 e. The second-order valence-electron chi connectivity index (χ2n) is 5.10. The Labute approximate surface area is 109 Å². The summed E-state index contributed by atoms with van der Waals surface area (Å²) in [6.07, 6.45) is 4.11. The molecule has 1 aliphatic rings. The Morgan fingerprint density at radius 1 is 1.62 bits per heavy atom. The number of aliphatic hydroxyl groups is 1. The SMILES string of the molecule is CC(C)C1CCCC(O)(c2scnc2Br)C1. The van der Waals surface area contributed by atoms with E-state index in [1.165, 1.54) is 6.42 Å². The highest BCUT2D eigenvalue weighted by Crippen LogP contribution is 2.45. The first kappa shape index (κ1) is 12.5. The van der Waals surface area contributed by atoms with E-state index in [9.17, 15) is 5.11 Å². The minimum atomic E-state index is -0.646. The summed E-state index contributed by atoms with van der Waals surface area (Å²) in [6, 6.07) is 0. The molecule has 16 heavy (non-hydrogen) atoms. The number of thiazole rings is 1. The molecule has 1 aromatic rings. The second kappa shape index (κ2) is 4.75. The molecule has 1 aromatic heterocycles. The third-order valence-corrected chi connectivity index (χ3v) is 5.54. The van der Waals surface area contributed by atoms with Crippen LogP contribution in [-0.4, -0.2) is 10.1 Å². The summed E-state index contributed by atoms with van der Waals surface area (Å²) < 4.78 is 0.824. The number of hydrogen-bond donors (Lipinski definition) is 1. The van der Waals surface area contributed by atoms with Gasteiger partial charge < -0.3 is 5.11 Å². The molecule has 1 aliphatic carbocycles. The summed E-state index contributed by atoms with van der Waals surface area (Å²) in [4.78, 5) is 5.19. The molecule has 2 unspecified atom stereocenters. The van der Waals surface area contributed by atoms with Crippen LogP contribution in [0, 0.1) is 11.8 Å². The lowest BCUT2D eigenvalue weighted by molar-refractivity contribution is -0.0272. The minimum absolute atomic E-state index is 0.632. The van der Waals surface area contributed by atoms with Gasteiger partial charge in [0.15, 0.2) is 0 Å². The molecule has 1 saturated carbocycles. The lowest BCUT2D eigenvalue weighted by atomic mass is 9.73. The fourth-order valence-corrected chi connectivity index (χ4v) is 4.31. The Morgan fingerprint density at radius 2 is 2.38 bits per heavy atom. The highest BCUT2D eigenvalue weighted by Gasteiger charge is 2.39. The van der Waals surface area contributed by atoms with Crippen LogP contribution in [0.25, 0.3) is 0 Å². The molecule has 0 bridgehead atoms. The van der Waals surface area contributed by atoms with Crippen LogP contribution in [0.3, 0.4) is 0 Å². The summed E-state index contributed by atoms with van der Waals surface area (Å²) in [5.41, 5.74) is 1.16. The van der Waals surface area contributed by atoms with Gasteiger partial charge in [0.2, 0.25) is 0 Å². The number of nitrogens with zero attached hydrogens (tertiary/aromatic N) is 1. The third kappa shape index (κ3) is 2.34. The summed E-state index contributed by atoms with van der Waals surface area (Å²) in [7, 11) is 0. The quantitative estimate of drug-likeness (QED) is 0.897. The van der Waals surface area contributed by atoms with Crippen LogP contribution in [0.4, 0.5) is 0 Å². The van der Waals surface area contributed by atoms with Gasteiger partial charge in [-0.2, -0.15) is 0 Å². The van der Waals surface area contributed by atoms with E-state index in [-0.39, 0.29) is 0 Å². The van der Waals surface area contributed by atoms with Gasteiger partial charge in [-0.15, -0.1) is 11.3 Å². The Morgan fingerprint density at radius 3 is 2.94 bits per heavy atom. The van der Waals surface area contributed by atoms with Gasteiger partial charge in [0.25, 0.3) is 0 Å². The first-order chi connectivity index (χ1) is 7.53. The average molecular weight is 304 g/mol. The van der Waals surface area contributed by atoms with Crippen molar-refractivity contribution < 1.29 is 5.11 Å². The molecule has 0 saturated heterocycles. The number of hydrogen-bond acceptors (Lipinski definition) is 3. The van der Waals surface area contributed by atoms with Gasteiger partial charge in [-0.3, -0.25) is 0 Å². The van der Waals surface area contributed by atoms with Gasteiger partial charge in [0.05, 0.1) is 10.4 Å². The van der Waals surface area contributed by atoms with Crippen molar-refractivity contribution in [3.05, 3.63) is 15.0 Å². The van der Waals surface area contributed by atoms with Crippen molar-refractivity contribution in [2.45, 2.75) is 45.1 Å². The lowest BCUT2D eigenvalue weighted by Gasteiger charge is -2.38. The van der Waals surface area contributed by atoms with E-state index in [1.807, 2.05) is 0 Å². The van der Waals surface area contributed by atoms with Crippen LogP contribution in [-0.2, 0) is 5.60 Å². The molecule has 0 amide bonds. The monoisotopic (exact) mass is 303 g/mol. The summed E-state index contributed by atoms with van der Waals surface area (Å²) in [5.74, 6) is 1.28. The number of rotatable bonds is 2. The molecule has 2 atom stereocenters. The van der Waals surface area contributed by atoms with E-state index >= 15 is 0 Å². The van der Waals surface area contributed by atoms with E-state index in [4.69, 9.17) is 0 Å². The number of halogens is 1. The molecule has 1 fully saturated rings. The topological polar surface area (TPSA) is 33.1 Å². The Bertz CT molecular complexity index is 366. The van der Waals surface area contributed by atoms with Crippen LogP contribution in [0.15, 0.2) is 10.1 Å². The molecule has 2 nitrogen and oxygen atoms in total. The molecule has 4 heteroatoms. The molecule has 0 spiro atoms. The van der Waals surface area contributed by atoms with Crippen molar-refractivity contribution in [3.8, 4) is 0 Å². The van der Waals surface area contributed by atoms with Crippen molar-refractivity contribution in [2.24, 2.45) is 11.8 Å². The third-order valence-electron chi connectivity index (χ3n) is 3.65. The average Bonchev–Trinajstić information content (AvgIpc) is 2.65. The van der Waals surface area contributed by atoms with Gasteiger partial charge >= 0.3 is 0 Å². The zero-order valence-electron chi connectivity index (χ0n) is 9.74. The van der Waals surface area contributed by atoms with Crippen LogP contribution in [0.5, 0.6) is 0 Å². The molecule has 0 radical (unpaired) electrons. The van der Waals surface area contributed by atoms with Gasteiger partial charge in [0, 0.05) is 0 Å². The molecule has 0 aliphatic heterocycles. The Hall–Kier alpha value is 0.0700. The first-order valence-electron chi connectivity index (χ1n) is 5.85. The van der Waals surface area contributed by atoms with Crippen LogP contribution < -0.4 is 0 Å². The van der Waals surface area contributed by atoms with E-state index < -0.39 is 5.60 Å². The lowest BCUT2D eigenvalue weighted by Crippen LogP contribution is -2.34. The maximum atomic E-state index is 10.8. The highest BCUT2D eigenvalue weighted by molar-refractivity contribution is 9.10. The molecular weight excluding hydrogens is 286 g/mol. The Balaban J connectivity index is 2.22. The summed E-state index contributed by atoms with van der Waals surface area (Å²) >= 11 is 4.99. The van der Waals surface area contributed by atoms with Crippen molar-refractivity contribution in [1.82, 2.24) is 4.98 Å². The Kier molecular flexibility index (Phi) is 3.72. The van der Waals surface area contributed by atoms with E-state index in [1.54, 1.807) is 16.8 Å². The maximum Gasteiger partial charge on any atom is 0.123 e. The molecule has 90 valence electrons. The molecule has 0 aromatic carbocycles. The van der Waals surface area contributed by atoms with Gasteiger partial charge in [-0.25, -0.2) is 4.98 Å². The molecule has 1 N–H and O–H groups in total. The van der Waals surface area contributed by atoms with E-state index in [2.05, 4.69) is 34.8 Å². The normalized spacial score (nSPS) is 30.9. The van der Waals surface area contributed by atoms with Crippen molar-refractivity contribution in [3.63, 3.8) is 0 Å². The standard InChI is InChI=1S/C12H18BrNOS/c1-8(2)9-4-3-5-12(15,6-9)10-11(13)14-7-16-10/h7-9,15H,3-6H2,1-2H3. The predicted molar refractivity (Wildman–Crippen MR) is 70.5 cm³/mol. The fourth-order valence-electron chi connectivity index (χ4n) is 2.60. The predicted octanol–water partition coefficient (Wildman–Crippen LogP) is 3.94. The summed E-state index contributed by atoms with van der Waals surface area (Å²) in [6.45, 7) is 4.50. The van der Waals surface area contributed by atoms with Gasteiger partial charge in [0.1, 0.15) is 10.2 Å². The van der Waals surface area contributed by atoms with Crippen molar-refractivity contribution in [2.75, 3.05) is 0 Å². The maximum absolute atomic E-state index is 10.8. The van der Waals surface area contributed by atoms with Crippen LogP contribution >= 0.6 is 27.3 Å². The van der Waals surface area contributed by atoms with E-state index in [0.29, 0.717) is 11.8 Å². The highest BCUT2D eigenvalue weighted by atomic mass is 79.9. The largest absolute Gasteiger partial charge is 0.384 e. The van der Waals surface area contributed by atoms with Gasteiger partial charge in [-0.05, 0) is 53.4 Å². The molecule has 1 heterocycles. The number of aromatic nitrogens is 1. The van der Waals surface area contributed by atoms with Crippen molar-refractivity contribution in [1.29, 1.82) is 0 Å². The zero-order chi connectivity index (χ0) is 11.8. The van der Waals surface area contributed by atoms with E-state index in [0.717, 1.165) is 28.7 Å². The van der Waals surface area contributed by atoms with Crippen molar-refractivity contribution >= 4 is 27.3 Å². The summed E-state index contributed by atoms with van der Waals surface area (Å²) in [5, 5.41) is 10.8. The molecule has 2 rings (SSSR count). The smallest absolute Gasteiger partial charge is 0.123 e.